The molecule has 2 bridgehead atoms. The Kier molecular flexibility index (Phi) is 5.00. The summed E-state index contributed by atoms with van der Waals surface area (Å²) in [4.78, 5) is 29.2. The van der Waals surface area contributed by atoms with Gasteiger partial charge in [0.25, 0.3) is 0 Å². The van der Waals surface area contributed by atoms with Gasteiger partial charge in [0.05, 0.1) is 47.0 Å². The molecule has 4 atom stereocenters. The molecule has 3 fully saturated rings. The molecule has 6 rings (SSSR count). The van der Waals surface area contributed by atoms with Crippen LogP contribution in [0.2, 0.25) is 0 Å². The molecule has 0 aliphatic carbocycles. The van der Waals surface area contributed by atoms with Gasteiger partial charge in [-0.15, -0.1) is 0 Å². The van der Waals surface area contributed by atoms with Crippen LogP contribution in [0.5, 0.6) is 5.75 Å². The highest BCUT2D eigenvalue weighted by Gasteiger charge is 2.73. The molecule has 3 saturated heterocycles. The molecule has 182 valence electrons. The van der Waals surface area contributed by atoms with E-state index in [0.29, 0.717) is 24.3 Å². The third-order valence-corrected chi connectivity index (χ3v) is 8.45. The third-order valence-electron chi connectivity index (χ3n) is 8.45. The molecule has 0 N–H and O–H groups in total. The van der Waals surface area contributed by atoms with Gasteiger partial charge in [0, 0.05) is 17.2 Å². The van der Waals surface area contributed by atoms with Crippen molar-refractivity contribution >= 4 is 28.3 Å². The van der Waals surface area contributed by atoms with Crippen LogP contribution in [0, 0.1) is 37.0 Å². The second-order valence-electron chi connectivity index (χ2n) is 10.6. The molecule has 3 aromatic rings. The first-order valence-corrected chi connectivity index (χ1v) is 12.5. The number of rotatable bonds is 5. The lowest BCUT2D eigenvalue weighted by molar-refractivity contribution is -0.131. The molecular weight excluding hydrogens is 452 g/mol. The van der Waals surface area contributed by atoms with E-state index in [4.69, 9.17) is 9.47 Å². The highest BCUT2D eigenvalue weighted by Crippen LogP contribution is 2.62. The standard InChI is InChI=1S/C30H28N2O4/c1-18-7-6-8-19(2)26(18)35-16-15-30-14-13-29(3,36-30)24-25(30)28(34)32(27(24)33)23-12-11-20(17-31)21-9-4-5-10-22(21)23/h4-12,24-25H,13-16H2,1-3H3/t24-,25+,29-,30-/m1/s1. The Labute approximate surface area is 210 Å². The number of hydrogen-bond donors (Lipinski definition) is 0. The Morgan fingerprint density at radius 2 is 1.67 bits per heavy atom. The summed E-state index contributed by atoms with van der Waals surface area (Å²) in [7, 11) is 0. The van der Waals surface area contributed by atoms with E-state index in [-0.39, 0.29) is 11.8 Å². The summed E-state index contributed by atoms with van der Waals surface area (Å²) in [6.07, 6.45) is 2.00. The molecule has 36 heavy (non-hydrogen) atoms. The molecule has 0 radical (unpaired) electrons. The minimum Gasteiger partial charge on any atom is -0.493 e. The number of imide groups is 1. The Bertz CT molecular complexity index is 1450. The van der Waals surface area contributed by atoms with Gasteiger partial charge in [0.2, 0.25) is 11.8 Å². The minimum absolute atomic E-state index is 0.209. The second-order valence-corrected chi connectivity index (χ2v) is 10.6. The van der Waals surface area contributed by atoms with Crippen molar-refractivity contribution in [2.45, 2.75) is 51.2 Å². The number of amides is 2. The number of nitrogens with zero attached hydrogens (tertiary/aromatic N) is 2. The topological polar surface area (TPSA) is 79.6 Å². The molecule has 0 spiro atoms. The van der Waals surface area contributed by atoms with Crippen LogP contribution in [0.4, 0.5) is 5.69 Å². The lowest BCUT2D eigenvalue weighted by Crippen LogP contribution is -2.43. The number of carbonyl (C=O) groups is 2. The van der Waals surface area contributed by atoms with E-state index < -0.39 is 23.0 Å². The van der Waals surface area contributed by atoms with Gasteiger partial charge >= 0.3 is 0 Å². The summed E-state index contributed by atoms with van der Waals surface area (Å²) in [6.45, 7) is 6.42. The van der Waals surface area contributed by atoms with E-state index in [9.17, 15) is 14.9 Å². The van der Waals surface area contributed by atoms with Crippen LogP contribution in [0.1, 0.15) is 42.9 Å². The highest BCUT2D eigenvalue weighted by molar-refractivity contribution is 6.26. The zero-order valence-electron chi connectivity index (χ0n) is 20.7. The van der Waals surface area contributed by atoms with Gasteiger partial charge in [-0.3, -0.25) is 9.59 Å². The first-order chi connectivity index (χ1) is 17.3. The maximum atomic E-state index is 14.0. The number of nitriles is 1. The molecule has 0 aromatic heterocycles. The molecular formula is C30H28N2O4. The Balaban J connectivity index is 1.34. The van der Waals surface area contributed by atoms with E-state index in [1.165, 1.54) is 4.90 Å². The van der Waals surface area contributed by atoms with Crippen molar-refractivity contribution in [3.8, 4) is 11.8 Å². The van der Waals surface area contributed by atoms with Gasteiger partial charge in [-0.25, -0.2) is 4.90 Å². The van der Waals surface area contributed by atoms with Gasteiger partial charge in [-0.1, -0.05) is 42.5 Å². The van der Waals surface area contributed by atoms with Crippen molar-refractivity contribution in [3.63, 3.8) is 0 Å². The lowest BCUT2D eigenvalue weighted by Gasteiger charge is -2.31. The van der Waals surface area contributed by atoms with E-state index in [1.54, 1.807) is 12.1 Å². The summed E-state index contributed by atoms with van der Waals surface area (Å²) in [5, 5.41) is 11.0. The van der Waals surface area contributed by atoms with Crippen LogP contribution in [0.15, 0.2) is 54.6 Å². The molecule has 3 aromatic carbocycles. The van der Waals surface area contributed by atoms with Crippen LogP contribution >= 0.6 is 0 Å². The molecule has 0 unspecified atom stereocenters. The predicted molar refractivity (Wildman–Crippen MR) is 136 cm³/mol. The first kappa shape index (κ1) is 22.8. The molecule has 6 heteroatoms. The summed E-state index contributed by atoms with van der Waals surface area (Å²) >= 11 is 0. The maximum Gasteiger partial charge on any atom is 0.240 e. The van der Waals surface area contributed by atoms with Crippen molar-refractivity contribution in [1.29, 1.82) is 5.26 Å². The fourth-order valence-electron chi connectivity index (χ4n) is 6.78. The number of carbonyl (C=O) groups excluding carboxylic acids is 2. The average molecular weight is 481 g/mol. The lowest BCUT2D eigenvalue weighted by atomic mass is 9.67. The monoisotopic (exact) mass is 480 g/mol. The van der Waals surface area contributed by atoms with Crippen LogP contribution in [0.3, 0.4) is 0 Å². The first-order valence-electron chi connectivity index (χ1n) is 12.5. The van der Waals surface area contributed by atoms with Crippen molar-refractivity contribution in [3.05, 3.63) is 71.3 Å². The van der Waals surface area contributed by atoms with Gasteiger partial charge in [-0.05, 0) is 56.9 Å². The van der Waals surface area contributed by atoms with E-state index >= 15 is 0 Å². The van der Waals surface area contributed by atoms with Crippen LogP contribution in [-0.2, 0) is 14.3 Å². The number of anilines is 1. The minimum atomic E-state index is -0.722. The number of ether oxygens (including phenoxy) is 2. The Morgan fingerprint density at radius 1 is 0.972 bits per heavy atom. The van der Waals surface area contributed by atoms with Gasteiger partial charge in [0.15, 0.2) is 0 Å². The number of fused-ring (bicyclic) bond motifs is 6. The van der Waals surface area contributed by atoms with E-state index in [1.807, 2.05) is 63.2 Å². The smallest absolute Gasteiger partial charge is 0.240 e. The predicted octanol–water partition coefficient (Wildman–Crippen LogP) is 5.22. The zero-order chi connectivity index (χ0) is 25.2. The number of para-hydroxylation sites is 1. The SMILES string of the molecule is Cc1cccc(C)c1OCC[C@@]12CC[C@@](C)(O1)[C@H]1C(=O)N(c3ccc(C#N)c4ccccc34)C(=O)[C@H]12. The molecule has 2 amide bonds. The fraction of sp³-hybridized carbons (Fsp3) is 0.367. The Hall–Kier alpha value is -3.69. The van der Waals surface area contributed by atoms with Gasteiger partial charge < -0.3 is 9.47 Å². The normalized spacial score (nSPS) is 28.6. The number of benzene rings is 3. The molecule has 6 nitrogen and oxygen atoms in total. The van der Waals surface area contributed by atoms with Crippen molar-refractivity contribution in [2.24, 2.45) is 11.8 Å². The fourth-order valence-corrected chi connectivity index (χ4v) is 6.78. The van der Waals surface area contributed by atoms with E-state index in [0.717, 1.165) is 40.5 Å². The molecule has 3 aliphatic rings. The molecule has 0 saturated carbocycles. The van der Waals surface area contributed by atoms with Crippen LogP contribution in [-0.4, -0.2) is 29.6 Å². The van der Waals surface area contributed by atoms with Crippen LogP contribution in [0.25, 0.3) is 10.8 Å². The average Bonchev–Trinajstić information content (AvgIpc) is 3.45. The van der Waals surface area contributed by atoms with Crippen molar-refractivity contribution < 1.29 is 19.1 Å². The van der Waals surface area contributed by atoms with Gasteiger partial charge in [0.1, 0.15) is 5.75 Å². The van der Waals surface area contributed by atoms with Crippen molar-refractivity contribution in [1.82, 2.24) is 0 Å². The summed E-state index contributed by atoms with van der Waals surface area (Å²) in [6, 6.07) is 19.1. The maximum absolute atomic E-state index is 14.0. The summed E-state index contributed by atoms with van der Waals surface area (Å²) < 4.78 is 12.8. The number of aryl methyl sites for hydroxylation is 2. The second kappa shape index (κ2) is 7.91. The quantitative estimate of drug-likeness (QED) is 0.468. The largest absolute Gasteiger partial charge is 0.493 e. The van der Waals surface area contributed by atoms with E-state index in [2.05, 4.69) is 6.07 Å². The summed E-state index contributed by atoms with van der Waals surface area (Å²) in [5.41, 5.74) is 1.80. The van der Waals surface area contributed by atoms with Crippen molar-refractivity contribution in [2.75, 3.05) is 11.5 Å². The number of hydrogen-bond acceptors (Lipinski definition) is 5. The molecule has 3 heterocycles. The van der Waals surface area contributed by atoms with Crippen LogP contribution < -0.4 is 9.64 Å². The third kappa shape index (κ3) is 3.06. The zero-order valence-corrected chi connectivity index (χ0v) is 20.7. The van der Waals surface area contributed by atoms with Gasteiger partial charge in [-0.2, -0.15) is 5.26 Å². The molecule has 3 aliphatic heterocycles. The Morgan fingerprint density at radius 3 is 2.39 bits per heavy atom. The highest BCUT2D eigenvalue weighted by atomic mass is 16.5. The summed E-state index contributed by atoms with van der Waals surface area (Å²) in [5.74, 6) is -0.619.